The van der Waals surface area contributed by atoms with Gasteiger partial charge in [0.05, 0.1) is 11.4 Å². The summed E-state index contributed by atoms with van der Waals surface area (Å²) in [4.78, 5) is 2.33. The standard InChI is InChI=1S/C10H15N3.2ClH/c11-9-3-1-2-4-10(9)13-7-5-12-6-8-13;;/h1-4,12H,5-8,11H2;2*1H. The van der Waals surface area contributed by atoms with E-state index in [0.29, 0.717) is 0 Å². The molecule has 86 valence electrons. The summed E-state index contributed by atoms with van der Waals surface area (Å²) in [6, 6.07) is 8.05. The fourth-order valence-electron chi connectivity index (χ4n) is 1.68. The molecule has 0 bridgehead atoms. The van der Waals surface area contributed by atoms with Crippen LogP contribution in [0.3, 0.4) is 0 Å². The molecule has 1 heterocycles. The molecule has 0 spiro atoms. The van der Waals surface area contributed by atoms with Crippen molar-refractivity contribution in [3.8, 4) is 0 Å². The molecule has 3 nitrogen and oxygen atoms in total. The molecule has 1 aromatic rings. The maximum Gasteiger partial charge on any atom is 0.0600 e. The summed E-state index contributed by atoms with van der Waals surface area (Å²) in [5, 5.41) is 3.32. The molecule has 1 aliphatic rings. The zero-order chi connectivity index (χ0) is 9.10. The Balaban J connectivity index is 0.000000980. The molecule has 0 unspecified atom stereocenters. The minimum absolute atomic E-state index is 0. The van der Waals surface area contributed by atoms with E-state index in [9.17, 15) is 0 Å². The SMILES string of the molecule is Cl.Cl.Nc1ccccc1N1CCNCC1. The first-order chi connectivity index (χ1) is 6.38. The van der Waals surface area contributed by atoms with Crippen molar-refractivity contribution < 1.29 is 0 Å². The Morgan fingerprint density at radius 1 is 1.07 bits per heavy atom. The number of halogens is 2. The zero-order valence-corrected chi connectivity index (χ0v) is 10.1. The van der Waals surface area contributed by atoms with E-state index in [-0.39, 0.29) is 24.8 Å². The number of piperazine rings is 1. The van der Waals surface area contributed by atoms with Crippen molar-refractivity contribution in [1.82, 2.24) is 5.32 Å². The van der Waals surface area contributed by atoms with Crippen LogP contribution in [0.1, 0.15) is 0 Å². The molecule has 2 rings (SSSR count). The van der Waals surface area contributed by atoms with Crippen LogP contribution in [-0.4, -0.2) is 26.2 Å². The summed E-state index contributed by atoms with van der Waals surface area (Å²) in [6.07, 6.45) is 0. The Morgan fingerprint density at radius 2 is 1.67 bits per heavy atom. The van der Waals surface area contributed by atoms with Crippen molar-refractivity contribution in [2.24, 2.45) is 0 Å². The van der Waals surface area contributed by atoms with Crippen LogP contribution in [0.25, 0.3) is 0 Å². The third-order valence-electron chi connectivity index (χ3n) is 2.39. The predicted octanol–water partition coefficient (Wildman–Crippen LogP) is 1.52. The smallest absolute Gasteiger partial charge is 0.0600 e. The maximum atomic E-state index is 5.89. The molecule has 0 saturated carbocycles. The molecule has 0 atom stereocenters. The third-order valence-corrected chi connectivity index (χ3v) is 2.39. The second kappa shape index (κ2) is 6.77. The minimum Gasteiger partial charge on any atom is -0.397 e. The van der Waals surface area contributed by atoms with Gasteiger partial charge in [0.15, 0.2) is 0 Å². The fourth-order valence-corrected chi connectivity index (χ4v) is 1.68. The molecular weight excluding hydrogens is 233 g/mol. The zero-order valence-electron chi connectivity index (χ0n) is 8.48. The van der Waals surface area contributed by atoms with Gasteiger partial charge >= 0.3 is 0 Å². The molecule has 0 amide bonds. The lowest BCUT2D eigenvalue weighted by atomic mass is 10.2. The number of anilines is 2. The van der Waals surface area contributed by atoms with E-state index in [1.165, 1.54) is 5.69 Å². The van der Waals surface area contributed by atoms with Crippen LogP contribution in [0.4, 0.5) is 11.4 Å². The van der Waals surface area contributed by atoms with Gasteiger partial charge in [-0.25, -0.2) is 0 Å². The van der Waals surface area contributed by atoms with Crippen molar-refractivity contribution in [2.75, 3.05) is 36.8 Å². The van der Waals surface area contributed by atoms with Crippen LogP contribution < -0.4 is 16.0 Å². The molecule has 1 fully saturated rings. The summed E-state index contributed by atoms with van der Waals surface area (Å²) in [5.74, 6) is 0. The Morgan fingerprint density at radius 3 is 2.27 bits per heavy atom. The van der Waals surface area contributed by atoms with E-state index >= 15 is 0 Å². The third kappa shape index (κ3) is 3.45. The largest absolute Gasteiger partial charge is 0.397 e. The van der Waals surface area contributed by atoms with Gasteiger partial charge in [0.2, 0.25) is 0 Å². The van der Waals surface area contributed by atoms with E-state index in [1.807, 2.05) is 18.2 Å². The molecule has 15 heavy (non-hydrogen) atoms. The molecular formula is C10H17Cl2N3. The summed E-state index contributed by atoms with van der Waals surface area (Å²) in [5.41, 5.74) is 7.94. The molecule has 0 aliphatic carbocycles. The van der Waals surface area contributed by atoms with E-state index in [1.54, 1.807) is 0 Å². The van der Waals surface area contributed by atoms with Crippen molar-refractivity contribution in [1.29, 1.82) is 0 Å². The van der Waals surface area contributed by atoms with E-state index in [0.717, 1.165) is 31.9 Å². The van der Waals surface area contributed by atoms with Gasteiger partial charge in [-0.1, -0.05) is 12.1 Å². The summed E-state index contributed by atoms with van der Waals surface area (Å²) < 4.78 is 0. The van der Waals surface area contributed by atoms with Gasteiger partial charge < -0.3 is 16.0 Å². The van der Waals surface area contributed by atoms with Crippen molar-refractivity contribution >= 4 is 36.2 Å². The fraction of sp³-hybridized carbons (Fsp3) is 0.400. The van der Waals surface area contributed by atoms with Gasteiger partial charge in [0.1, 0.15) is 0 Å². The average molecular weight is 250 g/mol. The van der Waals surface area contributed by atoms with E-state index in [2.05, 4.69) is 16.3 Å². The van der Waals surface area contributed by atoms with Gasteiger partial charge in [-0.3, -0.25) is 0 Å². The number of nitrogens with two attached hydrogens (primary N) is 1. The number of benzene rings is 1. The number of nitrogens with zero attached hydrogens (tertiary/aromatic N) is 1. The van der Waals surface area contributed by atoms with Crippen LogP contribution in [0.15, 0.2) is 24.3 Å². The Hall–Kier alpha value is -0.640. The van der Waals surface area contributed by atoms with Crippen LogP contribution in [0.5, 0.6) is 0 Å². The van der Waals surface area contributed by atoms with Crippen LogP contribution >= 0.6 is 24.8 Å². The Labute approximate surface area is 103 Å². The highest BCUT2D eigenvalue weighted by atomic mass is 35.5. The lowest BCUT2D eigenvalue weighted by molar-refractivity contribution is 0.590. The number of nitrogen functional groups attached to an aromatic ring is 1. The van der Waals surface area contributed by atoms with Crippen molar-refractivity contribution in [3.63, 3.8) is 0 Å². The Kier molecular flexibility index (Phi) is 6.48. The first-order valence-electron chi connectivity index (χ1n) is 4.68. The predicted molar refractivity (Wildman–Crippen MR) is 70.4 cm³/mol. The highest BCUT2D eigenvalue weighted by molar-refractivity contribution is 5.85. The monoisotopic (exact) mass is 249 g/mol. The first kappa shape index (κ1) is 14.4. The number of nitrogens with one attached hydrogen (secondary N) is 1. The second-order valence-electron chi connectivity index (χ2n) is 3.30. The lowest BCUT2D eigenvalue weighted by Gasteiger charge is -2.30. The second-order valence-corrected chi connectivity index (χ2v) is 3.30. The van der Waals surface area contributed by atoms with E-state index in [4.69, 9.17) is 5.73 Å². The number of hydrogen-bond acceptors (Lipinski definition) is 3. The van der Waals surface area contributed by atoms with Gasteiger partial charge in [-0.15, -0.1) is 24.8 Å². The highest BCUT2D eigenvalue weighted by Gasteiger charge is 2.11. The highest BCUT2D eigenvalue weighted by Crippen LogP contribution is 2.22. The minimum atomic E-state index is 0. The topological polar surface area (TPSA) is 41.3 Å². The van der Waals surface area contributed by atoms with Crippen LogP contribution in [-0.2, 0) is 0 Å². The average Bonchev–Trinajstić information content (AvgIpc) is 2.20. The number of hydrogen-bond donors (Lipinski definition) is 2. The van der Waals surface area contributed by atoms with Crippen LogP contribution in [0.2, 0.25) is 0 Å². The van der Waals surface area contributed by atoms with Crippen molar-refractivity contribution in [3.05, 3.63) is 24.3 Å². The van der Waals surface area contributed by atoms with Gasteiger partial charge in [-0.2, -0.15) is 0 Å². The van der Waals surface area contributed by atoms with Gasteiger partial charge in [0.25, 0.3) is 0 Å². The molecule has 0 aromatic heterocycles. The molecule has 5 heteroatoms. The summed E-state index contributed by atoms with van der Waals surface area (Å²) in [6.45, 7) is 4.20. The Bertz CT molecular complexity index is 288. The molecule has 1 aromatic carbocycles. The molecule has 1 saturated heterocycles. The van der Waals surface area contributed by atoms with E-state index < -0.39 is 0 Å². The van der Waals surface area contributed by atoms with Gasteiger partial charge in [-0.05, 0) is 12.1 Å². The lowest BCUT2D eigenvalue weighted by Crippen LogP contribution is -2.43. The molecule has 3 N–H and O–H groups in total. The maximum absolute atomic E-state index is 5.89. The quantitative estimate of drug-likeness (QED) is 0.742. The number of para-hydroxylation sites is 2. The summed E-state index contributed by atoms with van der Waals surface area (Å²) in [7, 11) is 0. The molecule has 1 aliphatic heterocycles. The molecule has 0 radical (unpaired) electrons. The normalized spacial score (nSPS) is 15.1. The summed E-state index contributed by atoms with van der Waals surface area (Å²) >= 11 is 0. The number of rotatable bonds is 1. The van der Waals surface area contributed by atoms with Crippen LogP contribution in [0, 0.1) is 0 Å². The first-order valence-corrected chi connectivity index (χ1v) is 4.68. The van der Waals surface area contributed by atoms with Gasteiger partial charge in [0, 0.05) is 26.2 Å². The van der Waals surface area contributed by atoms with Crippen molar-refractivity contribution in [2.45, 2.75) is 0 Å².